The molecule has 1 aliphatic heterocycles. The van der Waals surface area contributed by atoms with Crippen molar-refractivity contribution < 1.29 is 23.8 Å². The Kier molecular flexibility index (Phi) is 9.25. The third kappa shape index (κ3) is 7.20. The third-order valence-corrected chi connectivity index (χ3v) is 7.33. The van der Waals surface area contributed by atoms with Gasteiger partial charge in [0.05, 0.1) is 37.4 Å². The molecule has 0 spiro atoms. The van der Waals surface area contributed by atoms with E-state index in [0.717, 1.165) is 39.6 Å². The maximum absolute atomic E-state index is 13.6. The van der Waals surface area contributed by atoms with E-state index in [1.165, 1.54) is 0 Å². The summed E-state index contributed by atoms with van der Waals surface area (Å²) in [7, 11) is 3.26. The molecule has 1 N–H and O–H groups in total. The summed E-state index contributed by atoms with van der Waals surface area (Å²) in [6.45, 7) is 11.2. The monoisotopic (exact) mass is 562 g/mol. The first-order chi connectivity index (χ1) is 19.5. The second-order valence-electron chi connectivity index (χ2n) is 11.6. The molecule has 2 amide bonds. The second kappa shape index (κ2) is 12.7. The number of ether oxygens (including phenoxy) is 3. The van der Waals surface area contributed by atoms with Crippen LogP contribution in [0.3, 0.4) is 0 Å². The highest BCUT2D eigenvalue weighted by Gasteiger charge is 2.32. The Balaban J connectivity index is 1.56. The molecule has 4 rings (SSSR count). The van der Waals surface area contributed by atoms with Crippen LogP contribution in [0.2, 0.25) is 0 Å². The summed E-state index contributed by atoms with van der Waals surface area (Å²) in [5.74, 6) is 1.37. The number of rotatable bonds is 8. The van der Waals surface area contributed by atoms with Crippen molar-refractivity contribution in [3.05, 3.63) is 70.5 Å². The van der Waals surface area contributed by atoms with E-state index in [-0.39, 0.29) is 17.9 Å². The summed E-state index contributed by atoms with van der Waals surface area (Å²) in [5, 5.41) is 7.79. The molecule has 1 aromatic heterocycles. The number of piperidine rings is 1. The Hall–Kier alpha value is -4.01. The predicted molar refractivity (Wildman–Crippen MR) is 158 cm³/mol. The molecule has 2 aromatic carbocycles. The number of amides is 2. The fourth-order valence-corrected chi connectivity index (χ4v) is 5.31. The van der Waals surface area contributed by atoms with Crippen molar-refractivity contribution in [2.24, 2.45) is 0 Å². The van der Waals surface area contributed by atoms with E-state index < -0.39 is 5.60 Å². The van der Waals surface area contributed by atoms with Gasteiger partial charge in [0.25, 0.3) is 5.91 Å². The van der Waals surface area contributed by atoms with Gasteiger partial charge >= 0.3 is 6.09 Å². The van der Waals surface area contributed by atoms with Crippen LogP contribution in [-0.4, -0.2) is 66.1 Å². The molecular formula is C32H42N4O5. The summed E-state index contributed by atoms with van der Waals surface area (Å²) in [4.78, 5) is 28.0. The summed E-state index contributed by atoms with van der Waals surface area (Å²) in [6, 6.07) is 11.9. The minimum absolute atomic E-state index is 0.0520. The average Bonchev–Trinajstić information content (AvgIpc) is 3.37. The zero-order chi connectivity index (χ0) is 29.7. The lowest BCUT2D eigenvalue weighted by Gasteiger charge is -2.34. The van der Waals surface area contributed by atoms with E-state index in [2.05, 4.69) is 31.3 Å². The van der Waals surface area contributed by atoms with Crippen LogP contribution in [0.5, 0.6) is 11.5 Å². The number of nitrogens with one attached hydrogen (secondary N) is 1. The first-order valence-corrected chi connectivity index (χ1v) is 14.1. The lowest BCUT2D eigenvalue weighted by atomic mass is 9.90. The number of aromatic nitrogens is 2. The van der Waals surface area contributed by atoms with Gasteiger partial charge in [-0.25, -0.2) is 9.48 Å². The molecule has 0 aliphatic carbocycles. The molecule has 9 heteroatoms. The Labute approximate surface area is 242 Å². The largest absolute Gasteiger partial charge is 0.497 e. The number of hydrogen-bond donors (Lipinski definition) is 1. The zero-order valence-corrected chi connectivity index (χ0v) is 25.2. The number of aryl methyl sites for hydroxylation is 2. The van der Waals surface area contributed by atoms with Crippen LogP contribution >= 0.6 is 0 Å². The van der Waals surface area contributed by atoms with Gasteiger partial charge < -0.3 is 24.4 Å². The lowest BCUT2D eigenvalue weighted by Crippen LogP contribution is -2.41. The smallest absolute Gasteiger partial charge is 0.410 e. The Morgan fingerprint density at radius 3 is 2.39 bits per heavy atom. The number of carbonyl (C=O) groups is 2. The van der Waals surface area contributed by atoms with E-state index in [4.69, 9.17) is 19.3 Å². The number of likely N-dealkylation sites (tertiary alicyclic amines) is 1. The second-order valence-corrected chi connectivity index (χ2v) is 11.6. The topological polar surface area (TPSA) is 94.9 Å². The molecule has 2 heterocycles. The van der Waals surface area contributed by atoms with Gasteiger partial charge in [0.15, 0.2) is 0 Å². The molecule has 0 radical (unpaired) electrons. The van der Waals surface area contributed by atoms with Gasteiger partial charge in [-0.3, -0.25) is 4.79 Å². The van der Waals surface area contributed by atoms with E-state index in [0.29, 0.717) is 44.5 Å². The SMILES string of the molecule is COc1ccc(OC)c(CCNC(=O)c2cnn(-c3ccc(C)cc3C)c2C2CCN(C(=O)OC(C)(C)C)CC2)c1. The first-order valence-electron chi connectivity index (χ1n) is 14.1. The molecule has 1 aliphatic rings. The van der Waals surface area contributed by atoms with Crippen LogP contribution in [0, 0.1) is 13.8 Å². The fourth-order valence-electron chi connectivity index (χ4n) is 5.31. The highest BCUT2D eigenvalue weighted by atomic mass is 16.6. The third-order valence-electron chi connectivity index (χ3n) is 7.33. The summed E-state index contributed by atoms with van der Waals surface area (Å²) < 4.78 is 18.3. The molecule has 1 saturated heterocycles. The predicted octanol–water partition coefficient (Wildman–Crippen LogP) is 5.59. The standard InChI is InChI=1S/C32H42N4O5/c1-21-8-10-27(22(2)18-21)36-29(23-13-16-35(17-14-23)31(38)41-32(3,4)5)26(20-34-36)30(37)33-15-12-24-19-25(39-6)9-11-28(24)40-7/h8-11,18-20,23H,12-17H2,1-7H3,(H,33,37). The molecule has 0 bridgehead atoms. The molecule has 220 valence electrons. The minimum Gasteiger partial charge on any atom is -0.497 e. The fraction of sp³-hybridized carbons (Fsp3) is 0.469. The number of hydrogen-bond acceptors (Lipinski definition) is 6. The van der Waals surface area contributed by atoms with Gasteiger partial charge in [0.2, 0.25) is 0 Å². The van der Waals surface area contributed by atoms with Crippen molar-refractivity contribution in [2.45, 2.75) is 65.4 Å². The summed E-state index contributed by atoms with van der Waals surface area (Å²) in [6.07, 6.45) is 3.36. The minimum atomic E-state index is -0.546. The number of methoxy groups -OCH3 is 2. The maximum atomic E-state index is 13.6. The van der Waals surface area contributed by atoms with Gasteiger partial charge in [-0.15, -0.1) is 0 Å². The first kappa shape index (κ1) is 30.0. The van der Waals surface area contributed by atoms with Crippen LogP contribution in [0.15, 0.2) is 42.6 Å². The van der Waals surface area contributed by atoms with Crippen LogP contribution in [0.25, 0.3) is 5.69 Å². The molecule has 9 nitrogen and oxygen atoms in total. The average molecular weight is 563 g/mol. The van der Waals surface area contributed by atoms with E-state index >= 15 is 0 Å². The van der Waals surface area contributed by atoms with Crippen molar-refractivity contribution in [2.75, 3.05) is 33.9 Å². The number of nitrogens with zero attached hydrogens (tertiary/aromatic N) is 3. The van der Waals surface area contributed by atoms with Gasteiger partial charge in [0.1, 0.15) is 17.1 Å². The quantitative estimate of drug-likeness (QED) is 0.384. The van der Waals surface area contributed by atoms with Crippen molar-refractivity contribution in [3.63, 3.8) is 0 Å². The molecule has 3 aromatic rings. The van der Waals surface area contributed by atoms with Crippen molar-refractivity contribution in [3.8, 4) is 17.2 Å². The van der Waals surface area contributed by atoms with E-state index in [9.17, 15) is 9.59 Å². The van der Waals surface area contributed by atoms with Crippen LogP contribution in [-0.2, 0) is 11.2 Å². The normalized spacial score (nSPS) is 14.1. The van der Waals surface area contributed by atoms with Gasteiger partial charge in [-0.2, -0.15) is 5.10 Å². The zero-order valence-electron chi connectivity index (χ0n) is 25.2. The van der Waals surface area contributed by atoms with Crippen LogP contribution in [0.1, 0.15) is 72.3 Å². The summed E-state index contributed by atoms with van der Waals surface area (Å²) >= 11 is 0. The van der Waals surface area contributed by atoms with E-state index in [1.54, 1.807) is 25.3 Å². The maximum Gasteiger partial charge on any atom is 0.410 e. The van der Waals surface area contributed by atoms with Gasteiger partial charge in [-0.05, 0) is 89.3 Å². The van der Waals surface area contributed by atoms with E-state index in [1.807, 2.05) is 49.7 Å². The summed E-state index contributed by atoms with van der Waals surface area (Å²) in [5.41, 5.74) is 5.02. The highest BCUT2D eigenvalue weighted by Crippen LogP contribution is 2.33. The number of carbonyl (C=O) groups excluding carboxylic acids is 2. The molecule has 41 heavy (non-hydrogen) atoms. The molecule has 0 saturated carbocycles. The lowest BCUT2D eigenvalue weighted by molar-refractivity contribution is 0.0203. The van der Waals surface area contributed by atoms with Crippen LogP contribution in [0.4, 0.5) is 4.79 Å². The molecule has 1 fully saturated rings. The molecular weight excluding hydrogens is 520 g/mol. The van der Waals surface area contributed by atoms with Crippen molar-refractivity contribution in [1.29, 1.82) is 0 Å². The van der Waals surface area contributed by atoms with Gasteiger partial charge in [-0.1, -0.05) is 17.7 Å². The Bertz CT molecular complexity index is 1380. The van der Waals surface area contributed by atoms with Crippen LogP contribution < -0.4 is 14.8 Å². The van der Waals surface area contributed by atoms with Crippen molar-refractivity contribution in [1.82, 2.24) is 20.0 Å². The Morgan fingerprint density at radius 2 is 1.76 bits per heavy atom. The van der Waals surface area contributed by atoms with Gasteiger partial charge in [0, 0.05) is 25.6 Å². The number of benzene rings is 2. The van der Waals surface area contributed by atoms with Crippen molar-refractivity contribution >= 4 is 12.0 Å². The Morgan fingerprint density at radius 1 is 1.02 bits per heavy atom. The molecule has 0 atom stereocenters. The highest BCUT2D eigenvalue weighted by molar-refractivity contribution is 5.95. The molecule has 0 unspecified atom stereocenters.